The largest absolute Gasteiger partial charge is 0.530 e. The van der Waals surface area contributed by atoms with Crippen molar-refractivity contribution < 1.29 is 56.6 Å². The molecule has 9 atom stereocenters. The van der Waals surface area contributed by atoms with Crippen LogP contribution in [0.2, 0.25) is 0 Å². The molecule has 0 heterocycles. The summed E-state index contributed by atoms with van der Waals surface area (Å²) in [4.78, 5) is 36.9. The van der Waals surface area contributed by atoms with E-state index >= 15 is 0 Å². The zero-order chi connectivity index (χ0) is 40.3. The number of fused-ring (bicyclic) bond motifs is 5. The highest BCUT2D eigenvalue weighted by Gasteiger charge is 2.56. The first-order valence-electron chi connectivity index (χ1n) is 20.6. The lowest BCUT2D eigenvalue weighted by molar-refractivity contribution is -0.163. The lowest BCUT2D eigenvalue weighted by Crippen LogP contribution is -2.55. The third-order valence-electron chi connectivity index (χ3n) is 12.3. The summed E-state index contributed by atoms with van der Waals surface area (Å²) in [5.74, 6) is -0.353. The molecule has 9 unspecified atom stereocenters. The monoisotopic (exact) mass is 809 g/mol. The number of alkyl carbamates (subject to hydrolysis) is 1. The van der Waals surface area contributed by atoms with E-state index in [1.165, 1.54) is 11.1 Å². The molecule has 4 aliphatic carbocycles. The quantitative estimate of drug-likeness (QED) is 0.0707. The van der Waals surface area contributed by atoms with Gasteiger partial charge in [0.1, 0.15) is 30.5 Å². The third kappa shape index (κ3) is 11.2. The van der Waals surface area contributed by atoms with Gasteiger partial charge in [0.2, 0.25) is 5.91 Å². The standard InChI is InChI=1S/C40H64N3O12P/c1-4-6-19-51-56(48,52-20-7-5-2)55-27-9-11-28-26(24-27)8-10-30-29(28)16-17-40(3)31(30)12-15-34(40)54-35(44)25-50-23-22-49-21-18-43-39(47)53-33-14-13-32(41)37(45)36(33)38(42)46/h9,11,24,29-34,36-37,45H,4-8,10,12-23,25,41H2,1-3H3,(H2,42,46)(H,43,47). The number of unbranched alkanes of at least 4 members (excludes halogenated alkanes) is 2. The van der Waals surface area contributed by atoms with Crippen LogP contribution in [0, 0.1) is 23.2 Å². The number of rotatable bonds is 21. The van der Waals surface area contributed by atoms with Crippen LogP contribution in [0.3, 0.4) is 0 Å². The molecule has 16 heteroatoms. The number of aryl methyl sites for hydroxylation is 1. The fraction of sp³-hybridized carbons (Fsp3) is 0.775. The first kappa shape index (κ1) is 44.3. The summed E-state index contributed by atoms with van der Waals surface area (Å²) >= 11 is 0. The van der Waals surface area contributed by atoms with Crippen molar-refractivity contribution in [2.24, 2.45) is 34.6 Å². The van der Waals surface area contributed by atoms with E-state index in [9.17, 15) is 24.1 Å². The molecule has 0 spiro atoms. The Kier molecular flexibility index (Phi) is 16.4. The molecule has 316 valence electrons. The van der Waals surface area contributed by atoms with Gasteiger partial charge in [-0.1, -0.05) is 39.7 Å². The fourth-order valence-corrected chi connectivity index (χ4v) is 10.5. The SMILES string of the molecule is CCCCOP(=O)(OCCCC)Oc1ccc2c(c1)CCC1C2CCC2(C)C(OC(=O)COCCOCCNC(=O)OC3CCC(N)C(O)C3C(N)=O)CCC12. The summed E-state index contributed by atoms with van der Waals surface area (Å²) < 4.78 is 53.1. The predicted molar refractivity (Wildman–Crippen MR) is 207 cm³/mol. The summed E-state index contributed by atoms with van der Waals surface area (Å²) in [7, 11) is -3.73. The van der Waals surface area contributed by atoms with E-state index in [-0.39, 0.29) is 50.5 Å². The zero-order valence-electron chi connectivity index (χ0n) is 33.3. The number of phosphoric acid groups is 1. The minimum absolute atomic E-state index is 0.0999. The van der Waals surface area contributed by atoms with E-state index in [0.717, 1.165) is 64.2 Å². The van der Waals surface area contributed by atoms with E-state index in [2.05, 4.69) is 32.2 Å². The molecule has 0 radical (unpaired) electrons. The molecule has 1 aromatic carbocycles. The minimum atomic E-state index is -3.73. The number of carbonyl (C=O) groups is 3. The van der Waals surface area contributed by atoms with Crippen LogP contribution in [0.4, 0.5) is 4.79 Å². The van der Waals surface area contributed by atoms with Crippen molar-refractivity contribution in [3.05, 3.63) is 29.3 Å². The third-order valence-corrected chi connectivity index (χ3v) is 13.7. The number of phosphoric ester groups is 1. The molecule has 1 aromatic rings. The summed E-state index contributed by atoms with van der Waals surface area (Å²) in [6.07, 6.45) is 6.92. The molecule has 5 rings (SSSR count). The van der Waals surface area contributed by atoms with Crippen LogP contribution < -0.4 is 21.3 Å². The van der Waals surface area contributed by atoms with Crippen molar-refractivity contribution >= 4 is 25.8 Å². The van der Waals surface area contributed by atoms with Gasteiger partial charge in [0, 0.05) is 18.0 Å². The number of primary amides is 1. The number of aliphatic hydroxyl groups is 1. The minimum Gasteiger partial charge on any atom is -0.460 e. The van der Waals surface area contributed by atoms with E-state index in [1.54, 1.807) is 0 Å². The molecule has 0 aromatic heterocycles. The number of hydrogen-bond acceptors (Lipinski definition) is 13. The molecular weight excluding hydrogens is 745 g/mol. The second-order valence-electron chi connectivity index (χ2n) is 16.0. The molecule has 15 nitrogen and oxygen atoms in total. The summed E-state index contributed by atoms with van der Waals surface area (Å²) in [5, 5.41) is 12.7. The number of carbonyl (C=O) groups excluding carboxylic acids is 3. The van der Waals surface area contributed by atoms with E-state index in [4.69, 9.17) is 44.0 Å². The average Bonchev–Trinajstić information content (AvgIpc) is 3.49. The van der Waals surface area contributed by atoms with Gasteiger partial charge in [-0.25, -0.2) is 14.2 Å². The Bertz CT molecular complexity index is 1500. The first-order chi connectivity index (χ1) is 26.9. The first-order valence-corrected chi connectivity index (χ1v) is 22.1. The number of hydrogen-bond donors (Lipinski definition) is 4. The maximum absolute atomic E-state index is 13.5. The highest BCUT2D eigenvalue weighted by molar-refractivity contribution is 7.48. The van der Waals surface area contributed by atoms with Crippen LogP contribution >= 0.6 is 7.82 Å². The van der Waals surface area contributed by atoms with Gasteiger partial charge >= 0.3 is 19.9 Å². The van der Waals surface area contributed by atoms with Crippen LogP contribution in [0.25, 0.3) is 0 Å². The molecule has 0 bridgehead atoms. The van der Waals surface area contributed by atoms with Crippen LogP contribution in [0.15, 0.2) is 18.2 Å². The second kappa shape index (κ2) is 20.8. The van der Waals surface area contributed by atoms with Gasteiger partial charge in [-0.15, -0.1) is 0 Å². The Morgan fingerprint density at radius 1 is 0.929 bits per heavy atom. The number of amides is 2. The summed E-state index contributed by atoms with van der Waals surface area (Å²) in [6.45, 7) is 7.56. The molecular formula is C40H64N3O12P. The Morgan fingerprint density at radius 2 is 1.66 bits per heavy atom. The van der Waals surface area contributed by atoms with Crippen molar-refractivity contribution in [3.63, 3.8) is 0 Å². The van der Waals surface area contributed by atoms with Crippen molar-refractivity contribution in [2.75, 3.05) is 46.2 Å². The van der Waals surface area contributed by atoms with Gasteiger partial charge in [0.25, 0.3) is 0 Å². The molecule has 0 aliphatic heterocycles. The molecule has 3 saturated carbocycles. The molecule has 0 saturated heterocycles. The van der Waals surface area contributed by atoms with Gasteiger partial charge < -0.3 is 45.4 Å². The molecule has 2 amide bonds. The van der Waals surface area contributed by atoms with Gasteiger partial charge in [0.15, 0.2) is 0 Å². The fourth-order valence-electron chi connectivity index (χ4n) is 9.27. The van der Waals surface area contributed by atoms with Crippen LogP contribution in [0.1, 0.15) is 108 Å². The smallest absolute Gasteiger partial charge is 0.460 e. The average molecular weight is 810 g/mol. The lowest BCUT2D eigenvalue weighted by atomic mass is 9.55. The van der Waals surface area contributed by atoms with Crippen LogP contribution in [-0.2, 0) is 48.6 Å². The number of ether oxygens (including phenoxy) is 4. The number of nitrogens with two attached hydrogens (primary N) is 2. The Morgan fingerprint density at radius 3 is 2.38 bits per heavy atom. The van der Waals surface area contributed by atoms with Gasteiger partial charge in [-0.3, -0.25) is 13.8 Å². The summed E-state index contributed by atoms with van der Waals surface area (Å²) in [6, 6.07) is 5.44. The Hall–Kier alpha value is -2.78. The highest BCUT2D eigenvalue weighted by atomic mass is 31.2. The Labute approximate surface area is 331 Å². The molecule has 6 N–H and O–H groups in total. The van der Waals surface area contributed by atoms with Crippen molar-refractivity contribution in [1.82, 2.24) is 5.32 Å². The molecule has 56 heavy (non-hydrogen) atoms. The Balaban J connectivity index is 1.01. The van der Waals surface area contributed by atoms with Crippen molar-refractivity contribution in [3.8, 4) is 5.75 Å². The highest BCUT2D eigenvalue weighted by Crippen LogP contribution is 2.62. The number of aliphatic hydroxyl groups excluding tert-OH is 1. The molecule has 3 fully saturated rings. The lowest BCUT2D eigenvalue weighted by Gasteiger charge is -2.50. The van der Waals surface area contributed by atoms with Crippen molar-refractivity contribution in [2.45, 2.75) is 128 Å². The van der Waals surface area contributed by atoms with E-state index in [1.807, 2.05) is 12.1 Å². The number of benzene rings is 1. The predicted octanol–water partition coefficient (Wildman–Crippen LogP) is 5.29. The second-order valence-corrected chi connectivity index (χ2v) is 17.6. The van der Waals surface area contributed by atoms with Crippen LogP contribution in [-0.4, -0.2) is 93.6 Å². The zero-order valence-corrected chi connectivity index (χ0v) is 34.2. The van der Waals surface area contributed by atoms with E-state index < -0.39 is 44.0 Å². The van der Waals surface area contributed by atoms with Gasteiger partial charge in [-0.2, -0.15) is 0 Å². The van der Waals surface area contributed by atoms with Crippen LogP contribution in [0.5, 0.6) is 5.75 Å². The molecule has 4 aliphatic rings. The van der Waals surface area contributed by atoms with E-state index in [0.29, 0.717) is 49.6 Å². The normalized spacial score (nSPS) is 29.7. The number of nitrogens with one attached hydrogen (secondary N) is 1. The van der Waals surface area contributed by atoms with Gasteiger partial charge in [-0.05, 0) is 105 Å². The topological polar surface area (TPSA) is 217 Å². The maximum atomic E-state index is 13.5. The van der Waals surface area contributed by atoms with Crippen molar-refractivity contribution in [1.29, 1.82) is 0 Å². The number of esters is 1. The summed E-state index contributed by atoms with van der Waals surface area (Å²) in [5.41, 5.74) is 13.7. The maximum Gasteiger partial charge on any atom is 0.530 e. The van der Waals surface area contributed by atoms with Gasteiger partial charge in [0.05, 0.1) is 39.1 Å².